The molecule has 1 saturated heterocycles. The molecule has 1 aliphatic rings. The van der Waals surface area contributed by atoms with Gasteiger partial charge in [0.05, 0.1) is 0 Å². The molecule has 1 rings (SSSR count). The molecule has 1 heterocycles. The topological polar surface area (TPSA) is 43.8 Å². The summed E-state index contributed by atoms with van der Waals surface area (Å²) in [6.45, 7) is 4.01. The van der Waals surface area contributed by atoms with Crippen molar-refractivity contribution in [3.05, 3.63) is 0 Å². The van der Waals surface area contributed by atoms with E-state index in [4.69, 9.17) is 5.11 Å². The first-order valence-corrected chi connectivity index (χ1v) is 5.81. The summed E-state index contributed by atoms with van der Waals surface area (Å²) in [5.74, 6) is 0.304. The Hall–Kier alpha value is -0.610. The predicted molar refractivity (Wildman–Crippen MR) is 59.6 cm³/mol. The Morgan fingerprint density at radius 3 is 2.80 bits per heavy atom. The molecule has 0 unspecified atom stereocenters. The van der Waals surface area contributed by atoms with Crippen molar-refractivity contribution in [2.24, 2.45) is 0 Å². The summed E-state index contributed by atoms with van der Waals surface area (Å²) < 4.78 is 0. The minimum Gasteiger partial charge on any atom is -0.396 e. The normalized spacial score (nSPS) is 16.7. The number of aliphatic hydroxyl groups is 1. The van der Waals surface area contributed by atoms with Crippen LogP contribution in [-0.4, -0.2) is 60.6 Å². The molecule has 0 aromatic carbocycles. The molecule has 1 N–H and O–H groups in total. The molecule has 0 bridgehead atoms. The highest BCUT2D eigenvalue weighted by molar-refractivity contribution is 5.78. The molecular weight excluding hydrogens is 192 g/mol. The van der Waals surface area contributed by atoms with Gasteiger partial charge in [-0.2, -0.15) is 0 Å². The minimum absolute atomic E-state index is 0.276. The Kier molecular flexibility index (Phi) is 5.65. The molecule has 4 heteroatoms. The second-order valence-corrected chi connectivity index (χ2v) is 4.22. The summed E-state index contributed by atoms with van der Waals surface area (Å²) in [7, 11) is 2.07. The Balaban J connectivity index is 2.05. The van der Waals surface area contributed by atoms with E-state index in [9.17, 15) is 4.79 Å². The van der Waals surface area contributed by atoms with Gasteiger partial charge in [0.1, 0.15) is 0 Å². The molecule has 88 valence electrons. The van der Waals surface area contributed by atoms with Gasteiger partial charge in [-0.3, -0.25) is 4.79 Å². The molecular formula is C11H22N2O2. The Bertz CT molecular complexity index is 197. The van der Waals surface area contributed by atoms with Crippen LogP contribution in [0.4, 0.5) is 0 Å². The molecule has 1 amide bonds. The quantitative estimate of drug-likeness (QED) is 0.620. The number of aliphatic hydroxyl groups excluding tert-OH is 1. The molecule has 0 radical (unpaired) electrons. The number of carbonyl (C=O) groups is 1. The van der Waals surface area contributed by atoms with Gasteiger partial charge >= 0.3 is 0 Å². The molecule has 0 aromatic heterocycles. The molecule has 1 aliphatic heterocycles. The first kappa shape index (κ1) is 12.5. The molecule has 1 fully saturated rings. The Morgan fingerprint density at radius 1 is 1.40 bits per heavy atom. The maximum absolute atomic E-state index is 11.3. The van der Waals surface area contributed by atoms with Gasteiger partial charge in [-0.25, -0.2) is 0 Å². The van der Waals surface area contributed by atoms with Crippen molar-refractivity contribution in [1.82, 2.24) is 9.80 Å². The highest BCUT2D eigenvalue weighted by Crippen LogP contribution is 2.08. The number of rotatable bonds is 7. The third-order valence-corrected chi connectivity index (χ3v) is 2.87. The third kappa shape index (κ3) is 4.62. The number of hydrogen-bond donors (Lipinski definition) is 1. The van der Waals surface area contributed by atoms with Gasteiger partial charge < -0.3 is 14.9 Å². The molecule has 0 spiro atoms. The van der Waals surface area contributed by atoms with Gasteiger partial charge in [-0.1, -0.05) is 0 Å². The van der Waals surface area contributed by atoms with Crippen LogP contribution in [0.1, 0.15) is 25.7 Å². The van der Waals surface area contributed by atoms with Gasteiger partial charge in [0, 0.05) is 32.7 Å². The lowest BCUT2D eigenvalue weighted by Gasteiger charge is -2.21. The van der Waals surface area contributed by atoms with E-state index in [0.29, 0.717) is 5.91 Å². The summed E-state index contributed by atoms with van der Waals surface area (Å²) in [5, 5.41) is 8.64. The second-order valence-electron chi connectivity index (χ2n) is 4.22. The number of unbranched alkanes of at least 4 members (excludes halogenated alkanes) is 1. The van der Waals surface area contributed by atoms with E-state index in [0.717, 1.165) is 51.9 Å². The van der Waals surface area contributed by atoms with Crippen molar-refractivity contribution in [3.8, 4) is 0 Å². The smallest absolute Gasteiger partial charge is 0.222 e. The monoisotopic (exact) mass is 214 g/mol. The molecule has 0 saturated carbocycles. The van der Waals surface area contributed by atoms with Gasteiger partial charge in [0.25, 0.3) is 0 Å². The summed E-state index contributed by atoms with van der Waals surface area (Å²) in [6, 6.07) is 0. The fourth-order valence-corrected chi connectivity index (χ4v) is 1.84. The van der Waals surface area contributed by atoms with Crippen LogP contribution in [-0.2, 0) is 4.79 Å². The van der Waals surface area contributed by atoms with Crippen LogP contribution in [0.15, 0.2) is 0 Å². The Labute approximate surface area is 91.9 Å². The predicted octanol–water partition coefficient (Wildman–Crippen LogP) is 0.313. The van der Waals surface area contributed by atoms with Crippen LogP contribution >= 0.6 is 0 Å². The van der Waals surface area contributed by atoms with Crippen molar-refractivity contribution in [3.63, 3.8) is 0 Å². The zero-order valence-corrected chi connectivity index (χ0v) is 9.61. The van der Waals surface area contributed by atoms with Crippen LogP contribution in [0, 0.1) is 0 Å². The molecule has 15 heavy (non-hydrogen) atoms. The van der Waals surface area contributed by atoms with Gasteiger partial charge in [0.15, 0.2) is 0 Å². The second kappa shape index (κ2) is 6.80. The highest BCUT2D eigenvalue weighted by atomic mass is 16.2. The van der Waals surface area contributed by atoms with E-state index in [1.165, 1.54) is 0 Å². The van der Waals surface area contributed by atoms with Crippen LogP contribution in [0.3, 0.4) is 0 Å². The summed E-state index contributed by atoms with van der Waals surface area (Å²) >= 11 is 0. The third-order valence-electron chi connectivity index (χ3n) is 2.87. The lowest BCUT2D eigenvalue weighted by Crippen LogP contribution is -2.34. The van der Waals surface area contributed by atoms with E-state index in [2.05, 4.69) is 11.9 Å². The fraction of sp³-hybridized carbons (Fsp3) is 0.909. The van der Waals surface area contributed by atoms with Crippen molar-refractivity contribution < 1.29 is 9.90 Å². The van der Waals surface area contributed by atoms with Gasteiger partial charge in [-0.05, 0) is 32.9 Å². The number of amides is 1. The van der Waals surface area contributed by atoms with Crippen molar-refractivity contribution in [2.45, 2.75) is 25.7 Å². The maximum Gasteiger partial charge on any atom is 0.222 e. The average molecular weight is 214 g/mol. The summed E-state index contributed by atoms with van der Waals surface area (Å²) in [4.78, 5) is 15.5. The first-order valence-electron chi connectivity index (χ1n) is 5.81. The number of nitrogens with zero attached hydrogens (tertiary/aromatic N) is 2. The van der Waals surface area contributed by atoms with E-state index in [1.54, 1.807) is 0 Å². The average Bonchev–Trinajstić information content (AvgIpc) is 2.61. The standard InChI is InChI=1S/C11H22N2O2/c1-12(6-2-3-10-14)8-9-13-7-4-5-11(13)15/h14H,2-10H2,1H3. The molecule has 0 aliphatic carbocycles. The van der Waals surface area contributed by atoms with E-state index in [1.807, 2.05) is 4.90 Å². The number of carbonyl (C=O) groups excluding carboxylic acids is 1. The van der Waals surface area contributed by atoms with Crippen LogP contribution in [0.2, 0.25) is 0 Å². The lowest BCUT2D eigenvalue weighted by molar-refractivity contribution is -0.127. The van der Waals surface area contributed by atoms with Crippen molar-refractivity contribution >= 4 is 5.91 Å². The fourth-order valence-electron chi connectivity index (χ4n) is 1.84. The van der Waals surface area contributed by atoms with E-state index >= 15 is 0 Å². The van der Waals surface area contributed by atoms with Crippen molar-refractivity contribution in [2.75, 3.05) is 39.8 Å². The van der Waals surface area contributed by atoms with Crippen LogP contribution in [0.25, 0.3) is 0 Å². The lowest BCUT2D eigenvalue weighted by atomic mass is 10.3. The number of hydrogen-bond acceptors (Lipinski definition) is 3. The molecule has 0 atom stereocenters. The SMILES string of the molecule is CN(CCCCO)CCN1CCCC1=O. The number of likely N-dealkylation sites (N-methyl/N-ethyl adjacent to an activating group) is 1. The molecule has 4 nitrogen and oxygen atoms in total. The van der Waals surface area contributed by atoms with E-state index in [-0.39, 0.29) is 6.61 Å². The Morgan fingerprint density at radius 2 is 2.20 bits per heavy atom. The maximum atomic E-state index is 11.3. The molecule has 0 aromatic rings. The van der Waals surface area contributed by atoms with Crippen LogP contribution in [0.5, 0.6) is 0 Å². The van der Waals surface area contributed by atoms with Gasteiger partial charge in [-0.15, -0.1) is 0 Å². The largest absolute Gasteiger partial charge is 0.396 e. The van der Waals surface area contributed by atoms with Crippen molar-refractivity contribution in [1.29, 1.82) is 0 Å². The van der Waals surface area contributed by atoms with E-state index < -0.39 is 0 Å². The number of likely N-dealkylation sites (tertiary alicyclic amines) is 1. The highest BCUT2D eigenvalue weighted by Gasteiger charge is 2.19. The van der Waals surface area contributed by atoms with Gasteiger partial charge in [0.2, 0.25) is 5.91 Å². The summed E-state index contributed by atoms with van der Waals surface area (Å²) in [6.07, 6.45) is 3.65. The summed E-state index contributed by atoms with van der Waals surface area (Å²) in [5.41, 5.74) is 0. The minimum atomic E-state index is 0.276. The zero-order chi connectivity index (χ0) is 11.1. The van der Waals surface area contributed by atoms with Crippen LogP contribution < -0.4 is 0 Å². The zero-order valence-electron chi connectivity index (χ0n) is 9.61. The first-order chi connectivity index (χ1) is 7.24.